The summed E-state index contributed by atoms with van der Waals surface area (Å²) in [6.45, 7) is 1.55. The van der Waals surface area contributed by atoms with E-state index in [2.05, 4.69) is 15.4 Å². The van der Waals surface area contributed by atoms with Gasteiger partial charge in [-0.15, -0.1) is 0 Å². The second-order valence-electron chi connectivity index (χ2n) is 8.56. The molecule has 8 heteroatoms. The number of pyridine rings is 1. The number of rotatable bonds is 6. The number of anilines is 1. The number of benzene rings is 1. The van der Waals surface area contributed by atoms with Crippen LogP contribution in [0.15, 0.2) is 48.8 Å². The number of amides is 2. The summed E-state index contributed by atoms with van der Waals surface area (Å²) in [5.74, 6) is 0.833. The molecule has 2 aromatic heterocycles. The van der Waals surface area contributed by atoms with Gasteiger partial charge in [-0.2, -0.15) is 5.10 Å². The van der Waals surface area contributed by atoms with Crippen molar-refractivity contribution in [3.05, 3.63) is 48.8 Å². The molecule has 1 N–H and O–H groups in total. The highest BCUT2D eigenvalue weighted by Gasteiger charge is 2.26. The fraction of sp³-hybridized carbons (Fsp3) is 0.417. The minimum atomic E-state index is 0.0208. The first-order valence-corrected chi connectivity index (χ1v) is 11.3. The molecule has 5 rings (SSSR count). The van der Waals surface area contributed by atoms with E-state index in [-0.39, 0.29) is 30.4 Å². The largest absolute Gasteiger partial charge is 0.474 e. The smallest absolute Gasteiger partial charge is 0.244 e. The maximum absolute atomic E-state index is 12.8. The van der Waals surface area contributed by atoms with Crippen molar-refractivity contribution in [2.75, 3.05) is 18.4 Å². The van der Waals surface area contributed by atoms with Crippen LogP contribution in [0.4, 0.5) is 5.69 Å². The number of hydrogen-bond acceptors (Lipinski definition) is 5. The molecule has 2 fully saturated rings. The van der Waals surface area contributed by atoms with E-state index in [1.807, 2.05) is 35.2 Å². The number of aromatic nitrogens is 3. The topological polar surface area (TPSA) is 89.4 Å². The SMILES string of the molecule is O=C(Nc1ccc(OC2CCN(C(=O)Cn3ncc4ccccc43)CC2)nc1)C1CCC1. The average molecular weight is 434 g/mol. The van der Waals surface area contributed by atoms with Gasteiger partial charge in [0.25, 0.3) is 0 Å². The van der Waals surface area contributed by atoms with Crippen molar-refractivity contribution in [2.45, 2.75) is 44.8 Å². The lowest BCUT2D eigenvalue weighted by atomic mass is 9.85. The predicted octanol–water partition coefficient (Wildman–Crippen LogP) is 3.24. The van der Waals surface area contributed by atoms with E-state index in [1.165, 1.54) is 0 Å². The number of likely N-dealkylation sites (tertiary alicyclic amines) is 1. The van der Waals surface area contributed by atoms with Crippen LogP contribution in [0.5, 0.6) is 5.88 Å². The first kappa shape index (κ1) is 20.5. The molecule has 0 spiro atoms. The van der Waals surface area contributed by atoms with Crippen LogP contribution in [0.3, 0.4) is 0 Å². The van der Waals surface area contributed by atoms with Gasteiger partial charge in [0.1, 0.15) is 12.6 Å². The normalized spacial score (nSPS) is 17.2. The number of ether oxygens (including phenoxy) is 1. The van der Waals surface area contributed by atoms with E-state index < -0.39 is 0 Å². The van der Waals surface area contributed by atoms with E-state index in [1.54, 1.807) is 23.1 Å². The van der Waals surface area contributed by atoms with Gasteiger partial charge in [-0.1, -0.05) is 24.6 Å². The number of carbonyl (C=O) groups is 2. The van der Waals surface area contributed by atoms with Crippen molar-refractivity contribution in [3.63, 3.8) is 0 Å². The minimum absolute atomic E-state index is 0.0208. The third kappa shape index (κ3) is 4.44. The molecule has 2 amide bonds. The Morgan fingerprint density at radius 3 is 2.56 bits per heavy atom. The third-order valence-corrected chi connectivity index (χ3v) is 6.40. The molecule has 0 atom stereocenters. The Labute approximate surface area is 186 Å². The lowest BCUT2D eigenvalue weighted by molar-refractivity contribution is -0.133. The first-order valence-electron chi connectivity index (χ1n) is 11.3. The van der Waals surface area contributed by atoms with Gasteiger partial charge in [0, 0.05) is 43.3 Å². The van der Waals surface area contributed by atoms with E-state index >= 15 is 0 Å². The molecular weight excluding hydrogens is 406 g/mol. The van der Waals surface area contributed by atoms with Gasteiger partial charge in [-0.25, -0.2) is 4.98 Å². The van der Waals surface area contributed by atoms with E-state index in [0.29, 0.717) is 24.7 Å². The number of nitrogens with one attached hydrogen (secondary N) is 1. The lowest BCUT2D eigenvalue weighted by Crippen LogP contribution is -2.43. The van der Waals surface area contributed by atoms with Crippen LogP contribution in [-0.2, 0) is 16.1 Å². The molecule has 0 radical (unpaired) electrons. The first-order chi connectivity index (χ1) is 15.7. The van der Waals surface area contributed by atoms with Gasteiger partial charge in [0.15, 0.2) is 0 Å². The molecule has 0 unspecified atom stereocenters. The van der Waals surface area contributed by atoms with Crippen LogP contribution in [0.2, 0.25) is 0 Å². The summed E-state index contributed by atoms with van der Waals surface area (Å²) in [6, 6.07) is 11.5. The monoisotopic (exact) mass is 433 g/mol. The Bertz CT molecular complexity index is 1100. The minimum Gasteiger partial charge on any atom is -0.474 e. The predicted molar refractivity (Wildman–Crippen MR) is 120 cm³/mol. The summed E-state index contributed by atoms with van der Waals surface area (Å²) in [4.78, 5) is 31.0. The molecule has 1 saturated heterocycles. The zero-order valence-corrected chi connectivity index (χ0v) is 17.9. The molecule has 0 bridgehead atoms. The second kappa shape index (κ2) is 8.98. The number of fused-ring (bicyclic) bond motifs is 1. The lowest BCUT2D eigenvalue weighted by Gasteiger charge is -2.32. The van der Waals surface area contributed by atoms with E-state index in [4.69, 9.17) is 4.74 Å². The Hall–Kier alpha value is -3.42. The molecular formula is C24H27N5O3. The van der Waals surface area contributed by atoms with Gasteiger partial charge >= 0.3 is 0 Å². The fourth-order valence-electron chi connectivity index (χ4n) is 4.21. The molecule has 3 aromatic rings. The van der Waals surface area contributed by atoms with E-state index in [0.717, 1.165) is 43.0 Å². The standard InChI is InChI=1S/C24H27N5O3/c30-23(16-29-21-7-2-1-4-18(21)14-26-29)28-12-10-20(11-13-28)32-22-9-8-19(15-25-22)27-24(31)17-5-3-6-17/h1-2,4,7-9,14-15,17,20H,3,5-6,10-13,16H2,(H,27,31). The Morgan fingerprint density at radius 1 is 1.03 bits per heavy atom. The van der Waals surface area contributed by atoms with Crippen LogP contribution in [0.25, 0.3) is 10.9 Å². The zero-order chi connectivity index (χ0) is 21.9. The third-order valence-electron chi connectivity index (χ3n) is 6.40. The molecule has 1 aliphatic carbocycles. The van der Waals surface area contributed by atoms with Crippen molar-refractivity contribution in [3.8, 4) is 5.88 Å². The highest BCUT2D eigenvalue weighted by Crippen LogP contribution is 2.28. The maximum atomic E-state index is 12.8. The molecule has 1 aliphatic heterocycles. The van der Waals surface area contributed by atoms with Gasteiger partial charge in [0.05, 0.1) is 23.6 Å². The zero-order valence-electron chi connectivity index (χ0n) is 17.9. The summed E-state index contributed by atoms with van der Waals surface area (Å²) in [5.41, 5.74) is 1.67. The molecule has 2 aliphatic rings. The summed E-state index contributed by atoms with van der Waals surface area (Å²) < 4.78 is 7.77. The van der Waals surface area contributed by atoms with Crippen LogP contribution < -0.4 is 10.1 Å². The molecule has 1 saturated carbocycles. The Kier molecular flexibility index (Phi) is 5.75. The summed E-state index contributed by atoms with van der Waals surface area (Å²) in [6.07, 6.45) is 8.04. The van der Waals surface area contributed by atoms with Crippen molar-refractivity contribution >= 4 is 28.4 Å². The van der Waals surface area contributed by atoms with Crippen molar-refractivity contribution in [2.24, 2.45) is 5.92 Å². The van der Waals surface area contributed by atoms with Crippen molar-refractivity contribution in [1.82, 2.24) is 19.7 Å². The van der Waals surface area contributed by atoms with Gasteiger partial charge in [-0.05, 0) is 25.0 Å². The number of hydrogen-bond donors (Lipinski definition) is 1. The number of nitrogens with zero attached hydrogens (tertiary/aromatic N) is 4. The van der Waals surface area contributed by atoms with E-state index in [9.17, 15) is 9.59 Å². The van der Waals surface area contributed by atoms with Gasteiger partial charge < -0.3 is 15.0 Å². The summed E-state index contributed by atoms with van der Waals surface area (Å²) >= 11 is 0. The van der Waals surface area contributed by atoms with Gasteiger partial charge in [0.2, 0.25) is 17.7 Å². The van der Waals surface area contributed by atoms with Crippen LogP contribution in [0.1, 0.15) is 32.1 Å². The van der Waals surface area contributed by atoms with Crippen molar-refractivity contribution in [1.29, 1.82) is 0 Å². The molecule has 166 valence electrons. The number of piperidine rings is 1. The Morgan fingerprint density at radius 2 is 1.84 bits per heavy atom. The van der Waals surface area contributed by atoms with Crippen LogP contribution in [-0.4, -0.2) is 50.7 Å². The quantitative estimate of drug-likeness (QED) is 0.645. The molecule has 32 heavy (non-hydrogen) atoms. The molecule has 1 aromatic carbocycles. The summed E-state index contributed by atoms with van der Waals surface area (Å²) in [5, 5.41) is 8.30. The van der Waals surface area contributed by atoms with Crippen LogP contribution >= 0.6 is 0 Å². The maximum Gasteiger partial charge on any atom is 0.244 e. The highest BCUT2D eigenvalue weighted by atomic mass is 16.5. The fourth-order valence-corrected chi connectivity index (χ4v) is 4.21. The van der Waals surface area contributed by atoms with Crippen LogP contribution in [0, 0.1) is 5.92 Å². The number of carbonyl (C=O) groups excluding carboxylic acids is 2. The molecule has 8 nitrogen and oxygen atoms in total. The van der Waals surface area contributed by atoms with Gasteiger partial charge in [-0.3, -0.25) is 14.3 Å². The summed E-state index contributed by atoms with van der Waals surface area (Å²) in [7, 11) is 0. The average Bonchev–Trinajstić information content (AvgIpc) is 3.17. The van der Waals surface area contributed by atoms with Crippen molar-refractivity contribution < 1.29 is 14.3 Å². The second-order valence-corrected chi connectivity index (χ2v) is 8.56. The molecule has 3 heterocycles. The highest BCUT2D eigenvalue weighted by molar-refractivity contribution is 5.92. The Balaban J connectivity index is 1.10. The number of para-hydroxylation sites is 1.